The van der Waals surface area contributed by atoms with E-state index >= 15 is 0 Å². The average Bonchev–Trinajstić information content (AvgIpc) is 2.30. The summed E-state index contributed by atoms with van der Waals surface area (Å²) in [6.07, 6.45) is 7.02. The molecule has 0 atom stereocenters. The van der Waals surface area contributed by atoms with Crippen LogP contribution in [0.3, 0.4) is 0 Å². The third kappa shape index (κ3) is 2.48. The van der Waals surface area contributed by atoms with E-state index in [0.717, 1.165) is 5.92 Å². The lowest BCUT2D eigenvalue weighted by atomic mass is 9.84. The van der Waals surface area contributed by atoms with Gasteiger partial charge in [-0.15, -0.1) is 11.7 Å². The summed E-state index contributed by atoms with van der Waals surface area (Å²) in [5, 5.41) is 0. The topological polar surface area (TPSA) is 0 Å². The third-order valence-corrected chi connectivity index (χ3v) is 4.18. The highest BCUT2D eigenvalue weighted by atomic mass is 33.1. The Morgan fingerprint density at radius 3 is 2.21 bits per heavy atom. The first-order valence-corrected chi connectivity index (χ1v) is 7.18. The van der Waals surface area contributed by atoms with Crippen LogP contribution in [0.2, 0.25) is 0 Å². The molecule has 14 heavy (non-hydrogen) atoms. The molecular formula is C12H16S2. The van der Waals surface area contributed by atoms with Crippen molar-refractivity contribution >= 4 is 22.5 Å². The summed E-state index contributed by atoms with van der Waals surface area (Å²) in [5.41, 5.74) is 1.52. The van der Waals surface area contributed by atoms with Gasteiger partial charge in [0.15, 0.2) is 0 Å². The number of thiol groups is 1. The van der Waals surface area contributed by atoms with E-state index in [0.29, 0.717) is 0 Å². The van der Waals surface area contributed by atoms with Crippen molar-refractivity contribution in [2.45, 2.75) is 42.9 Å². The quantitative estimate of drug-likeness (QED) is 0.562. The third-order valence-electron chi connectivity index (χ3n) is 3.06. The molecule has 0 N–H and O–H groups in total. The van der Waals surface area contributed by atoms with E-state index in [1.165, 1.54) is 53.4 Å². The summed E-state index contributed by atoms with van der Waals surface area (Å²) in [7, 11) is 1.52. The average molecular weight is 224 g/mol. The molecule has 76 valence electrons. The van der Waals surface area contributed by atoms with Crippen LogP contribution in [0, 0.1) is 0 Å². The first kappa shape index (κ1) is 10.4. The molecule has 0 heterocycles. The fraction of sp³-hybridized carbons (Fsp3) is 0.500. The summed E-state index contributed by atoms with van der Waals surface area (Å²) in [6, 6.07) is 8.91. The van der Waals surface area contributed by atoms with Crippen LogP contribution in [0.4, 0.5) is 0 Å². The van der Waals surface area contributed by atoms with E-state index in [1.807, 2.05) is 0 Å². The van der Waals surface area contributed by atoms with Crippen LogP contribution >= 0.6 is 22.5 Å². The zero-order chi connectivity index (χ0) is 9.80. The van der Waals surface area contributed by atoms with E-state index < -0.39 is 0 Å². The molecular weight excluding hydrogens is 208 g/mol. The summed E-state index contributed by atoms with van der Waals surface area (Å²) in [4.78, 5) is 1.24. The van der Waals surface area contributed by atoms with Gasteiger partial charge in [-0.25, -0.2) is 0 Å². The minimum atomic E-state index is 0.822. The Morgan fingerprint density at radius 2 is 1.64 bits per heavy atom. The van der Waals surface area contributed by atoms with E-state index in [9.17, 15) is 0 Å². The Hall–Kier alpha value is -0.0800. The molecule has 0 unspecified atom stereocenters. The smallest absolute Gasteiger partial charge is 0.0180 e. The zero-order valence-electron chi connectivity index (χ0n) is 8.28. The molecule has 2 heteroatoms. The second-order valence-electron chi connectivity index (χ2n) is 4.00. The van der Waals surface area contributed by atoms with E-state index in [1.54, 1.807) is 0 Å². The lowest BCUT2D eigenvalue weighted by molar-refractivity contribution is 0.443. The minimum Gasteiger partial charge on any atom is -0.106 e. The molecule has 1 fully saturated rings. The van der Waals surface area contributed by atoms with Crippen molar-refractivity contribution in [3.8, 4) is 0 Å². The second-order valence-corrected chi connectivity index (χ2v) is 5.20. The Labute approximate surface area is 95.3 Å². The second kappa shape index (κ2) is 5.13. The van der Waals surface area contributed by atoms with Crippen LogP contribution in [0.25, 0.3) is 0 Å². The van der Waals surface area contributed by atoms with E-state index in [4.69, 9.17) is 0 Å². The van der Waals surface area contributed by atoms with Gasteiger partial charge in [-0.2, -0.15) is 0 Å². The van der Waals surface area contributed by atoms with Gasteiger partial charge in [-0.1, -0.05) is 42.2 Å². The predicted molar refractivity (Wildman–Crippen MR) is 67.1 cm³/mol. The normalized spacial score (nSPS) is 18.4. The minimum absolute atomic E-state index is 0.822. The van der Waals surface area contributed by atoms with Gasteiger partial charge in [0.2, 0.25) is 0 Å². The molecule has 1 saturated carbocycles. The maximum absolute atomic E-state index is 4.19. The van der Waals surface area contributed by atoms with Crippen molar-refractivity contribution in [3.63, 3.8) is 0 Å². The monoisotopic (exact) mass is 224 g/mol. The van der Waals surface area contributed by atoms with Crippen LogP contribution in [-0.2, 0) is 0 Å². The molecule has 0 spiro atoms. The van der Waals surface area contributed by atoms with Gasteiger partial charge in [0.1, 0.15) is 0 Å². The van der Waals surface area contributed by atoms with Crippen molar-refractivity contribution < 1.29 is 0 Å². The van der Waals surface area contributed by atoms with E-state index in [2.05, 4.69) is 35.9 Å². The summed E-state index contributed by atoms with van der Waals surface area (Å²) >= 11 is 4.19. The number of hydrogen-bond acceptors (Lipinski definition) is 2. The maximum Gasteiger partial charge on any atom is 0.0180 e. The first-order valence-electron chi connectivity index (χ1n) is 5.31. The molecule has 0 nitrogen and oxygen atoms in total. The van der Waals surface area contributed by atoms with Crippen LogP contribution < -0.4 is 0 Å². The molecule has 2 rings (SSSR count). The number of benzene rings is 1. The summed E-state index contributed by atoms with van der Waals surface area (Å²) in [6.45, 7) is 0. The SMILES string of the molecule is SSc1ccc(C2CCCCC2)cc1. The largest absolute Gasteiger partial charge is 0.106 e. The number of rotatable bonds is 2. The van der Waals surface area contributed by atoms with Crippen molar-refractivity contribution in [2.75, 3.05) is 0 Å². The van der Waals surface area contributed by atoms with Crippen LogP contribution in [0.5, 0.6) is 0 Å². The molecule has 0 bridgehead atoms. The predicted octanol–water partition coefficient (Wildman–Crippen LogP) is 4.67. The molecule has 1 aromatic carbocycles. The molecule has 0 amide bonds. The van der Waals surface area contributed by atoms with Gasteiger partial charge < -0.3 is 0 Å². The zero-order valence-corrected chi connectivity index (χ0v) is 9.99. The Balaban J connectivity index is 2.07. The first-order chi connectivity index (χ1) is 6.90. The van der Waals surface area contributed by atoms with Gasteiger partial charge in [0.25, 0.3) is 0 Å². The van der Waals surface area contributed by atoms with Crippen LogP contribution in [-0.4, -0.2) is 0 Å². The fourth-order valence-corrected chi connectivity index (χ4v) is 2.86. The summed E-state index contributed by atoms with van der Waals surface area (Å²) in [5.74, 6) is 0.822. The molecule has 1 aliphatic carbocycles. The van der Waals surface area contributed by atoms with Crippen molar-refractivity contribution in [1.82, 2.24) is 0 Å². The Bertz CT molecular complexity index is 273. The summed E-state index contributed by atoms with van der Waals surface area (Å²) < 4.78 is 0. The molecule has 1 aromatic rings. The molecule has 1 aliphatic rings. The molecule has 0 saturated heterocycles. The molecule has 0 radical (unpaired) electrons. The van der Waals surface area contributed by atoms with Crippen LogP contribution in [0.15, 0.2) is 29.2 Å². The standard InChI is InChI=1S/C12H16S2/c13-14-12-8-6-11(7-9-12)10-4-2-1-3-5-10/h6-10,13H,1-5H2. The Morgan fingerprint density at radius 1 is 1.00 bits per heavy atom. The van der Waals surface area contributed by atoms with Crippen LogP contribution in [0.1, 0.15) is 43.6 Å². The van der Waals surface area contributed by atoms with Crippen molar-refractivity contribution in [2.24, 2.45) is 0 Å². The maximum atomic E-state index is 4.19. The van der Waals surface area contributed by atoms with Gasteiger partial charge in [0, 0.05) is 4.90 Å². The highest BCUT2D eigenvalue weighted by Gasteiger charge is 2.14. The lowest BCUT2D eigenvalue weighted by Gasteiger charge is -2.21. The highest BCUT2D eigenvalue weighted by molar-refractivity contribution is 8.68. The van der Waals surface area contributed by atoms with Crippen molar-refractivity contribution in [3.05, 3.63) is 29.8 Å². The molecule has 0 aromatic heterocycles. The number of hydrogen-bond donors (Lipinski definition) is 1. The Kier molecular flexibility index (Phi) is 3.82. The molecule has 0 aliphatic heterocycles. The van der Waals surface area contributed by atoms with Gasteiger partial charge >= 0.3 is 0 Å². The van der Waals surface area contributed by atoms with E-state index in [-0.39, 0.29) is 0 Å². The van der Waals surface area contributed by atoms with Crippen molar-refractivity contribution in [1.29, 1.82) is 0 Å². The van der Waals surface area contributed by atoms with Gasteiger partial charge in [-0.3, -0.25) is 0 Å². The highest BCUT2D eigenvalue weighted by Crippen LogP contribution is 2.33. The van der Waals surface area contributed by atoms with Gasteiger partial charge in [0.05, 0.1) is 0 Å². The fourth-order valence-electron chi connectivity index (χ4n) is 2.24. The lowest BCUT2D eigenvalue weighted by Crippen LogP contribution is -2.03. The van der Waals surface area contributed by atoms with Gasteiger partial charge in [-0.05, 0) is 36.5 Å².